The number of thioether (sulfide) groups is 1. The third-order valence-corrected chi connectivity index (χ3v) is 5.08. The van der Waals surface area contributed by atoms with Gasteiger partial charge in [-0.2, -0.15) is 24.4 Å². The number of hydrogen-bond acceptors (Lipinski definition) is 8. The summed E-state index contributed by atoms with van der Waals surface area (Å²) in [6, 6.07) is -4.67. The Kier molecular flexibility index (Phi) is 13.2. The minimum atomic E-state index is -1.66. The smallest absolute Gasteiger partial charge is 0.326 e. The average Bonchev–Trinajstić information content (AvgIpc) is 2.66. The summed E-state index contributed by atoms with van der Waals surface area (Å²) >= 11 is 5.45. The van der Waals surface area contributed by atoms with Gasteiger partial charge in [-0.25, -0.2) is 4.79 Å². The number of nitrogens with two attached hydrogens (primary N) is 1. The van der Waals surface area contributed by atoms with Crippen molar-refractivity contribution in [2.75, 3.05) is 17.8 Å². The van der Waals surface area contributed by atoms with Crippen LogP contribution in [0, 0.1) is 5.92 Å². The van der Waals surface area contributed by atoms with Gasteiger partial charge in [0.1, 0.15) is 18.1 Å². The molecule has 0 aromatic rings. The van der Waals surface area contributed by atoms with Crippen molar-refractivity contribution in [3.05, 3.63) is 0 Å². The van der Waals surface area contributed by atoms with E-state index in [0.717, 1.165) is 0 Å². The lowest BCUT2D eigenvalue weighted by Gasteiger charge is -2.25. The topological polar surface area (TPSA) is 188 Å². The zero-order chi connectivity index (χ0) is 23.4. The Bertz CT molecular complexity index is 633. The summed E-state index contributed by atoms with van der Waals surface area (Å²) < 4.78 is 0. The van der Waals surface area contributed by atoms with Crippen LogP contribution in [-0.4, -0.2) is 81.8 Å². The van der Waals surface area contributed by atoms with Gasteiger partial charge in [0.2, 0.25) is 17.7 Å². The van der Waals surface area contributed by atoms with Gasteiger partial charge in [0, 0.05) is 5.75 Å². The second-order valence-electron chi connectivity index (χ2n) is 6.85. The molecular formula is C17H30N4O7S2. The van der Waals surface area contributed by atoms with Crippen molar-refractivity contribution >= 4 is 54.1 Å². The van der Waals surface area contributed by atoms with E-state index in [1.165, 1.54) is 11.8 Å². The fourth-order valence-corrected chi connectivity index (χ4v) is 2.92. The molecule has 7 N–H and O–H groups in total. The molecule has 0 aliphatic rings. The first-order valence-electron chi connectivity index (χ1n) is 9.15. The van der Waals surface area contributed by atoms with Crippen molar-refractivity contribution < 1.29 is 34.2 Å². The van der Waals surface area contributed by atoms with E-state index in [9.17, 15) is 24.0 Å². The number of hydrogen-bond donors (Lipinski definition) is 7. The second-order valence-corrected chi connectivity index (χ2v) is 8.20. The normalized spacial score (nSPS) is 14.9. The Balaban J connectivity index is 5.21. The summed E-state index contributed by atoms with van der Waals surface area (Å²) in [6.45, 7) is 3.52. The number of carboxylic acids is 2. The minimum Gasteiger partial charge on any atom is -0.481 e. The standard InChI is InChI=1S/C17H30N4O7S2/c1-8(2)13(18)16(26)19-9(4-5-30-3)14(24)21-11(7-29)15(25)20-10(17(27)28)6-12(22)23/h8-11,13,29H,4-7,18H2,1-3H3,(H,19,26)(H,20,25)(H,21,24)(H,22,23)(H,27,28). The zero-order valence-corrected chi connectivity index (χ0v) is 18.8. The highest BCUT2D eigenvalue weighted by Gasteiger charge is 2.30. The summed E-state index contributed by atoms with van der Waals surface area (Å²) in [7, 11) is 0. The largest absolute Gasteiger partial charge is 0.481 e. The van der Waals surface area contributed by atoms with Gasteiger partial charge in [-0.15, -0.1) is 0 Å². The predicted molar refractivity (Wildman–Crippen MR) is 115 cm³/mol. The van der Waals surface area contributed by atoms with Gasteiger partial charge >= 0.3 is 11.9 Å². The molecule has 0 saturated heterocycles. The Hall–Kier alpha value is -1.99. The quantitative estimate of drug-likeness (QED) is 0.152. The predicted octanol–water partition coefficient (Wildman–Crippen LogP) is -1.33. The van der Waals surface area contributed by atoms with Crippen molar-refractivity contribution in [3.63, 3.8) is 0 Å². The maximum Gasteiger partial charge on any atom is 0.326 e. The van der Waals surface area contributed by atoms with Gasteiger partial charge in [0.25, 0.3) is 0 Å². The van der Waals surface area contributed by atoms with E-state index < -0.39 is 60.2 Å². The van der Waals surface area contributed by atoms with Crippen LogP contribution in [0.4, 0.5) is 0 Å². The highest BCUT2D eigenvalue weighted by atomic mass is 32.2. The Morgan fingerprint density at radius 1 is 0.933 bits per heavy atom. The first-order valence-corrected chi connectivity index (χ1v) is 11.2. The first kappa shape index (κ1) is 28.0. The molecule has 13 heteroatoms. The first-order chi connectivity index (χ1) is 13.9. The molecule has 172 valence electrons. The summed E-state index contributed by atoms with van der Waals surface area (Å²) in [5, 5.41) is 24.8. The van der Waals surface area contributed by atoms with Crippen molar-refractivity contribution in [2.24, 2.45) is 11.7 Å². The van der Waals surface area contributed by atoms with Crippen LogP contribution in [0.2, 0.25) is 0 Å². The highest BCUT2D eigenvalue weighted by molar-refractivity contribution is 7.98. The molecule has 0 spiro atoms. The van der Waals surface area contributed by atoms with Crippen LogP contribution >= 0.6 is 24.4 Å². The van der Waals surface area contributed by atoms with Crippen LogP contribution in [0.3, 0.4) is 0 Å². The molecule has 11 nitrogen and oxygen atoms in total. The third-order valence-electron chi connectivity index (χ3n) is 4.07. The van der Waals surface area contributed by atoms with Crippen LogP contribution in [0.25, 0.3) is 0 Å². The molecule has 0 aromatic carbocycles. The number of carbonyl (C=O) groups excluding carboxylic acids is 3. The number of carboxylic acid groups (broad SMARTS) is 2. The van der Waals surface area contributed by atoms with Crippen LogP contribution in [0.5, 0.6) is 0 Å². The van der Waals surface area contributed by atoms with Crippen molar-refractivity contribution in [2.45, 2.75) is 50.9 Å². The molecule has 4 unspecified atom stereocenters. The van der Waals surface area contributed by atoms with E-state index in [1.807, 2.05) is 6.26 Å². The molecule has 0 heterocycles. The number of thiol groups is 1. The monoisotopic (exact) mass is 466 g/mol. The van der Waals surface area contributed by atoms with E-state index in [4.69, 9.17) is 15.9 Å². The molecule has 0 saturated carbocycles. The highest BCUT2D eigenvalue weighted by Crippen LogP contribution is 2.05. The third kappa shape index (κ3) is 10.2. The number of rotatable bonds is 14. The molecule has 3 amide bonds. The minimum absolute atomic E-state index is 0.146. The van der Waals surface area contributed by atoms with E-state index in [0.29, 0.717) is 5.75 Å². The lowest BCUT2D eigenvalue weighted by molar-refractivity contribution is -0.147. The SMILES string of the molecule is CSCCC(NC(=O)C(N)C(C)C)C(=O)NC(CS)C(=O)NC(CC(=O)O)C(=O)O. The van der Waals surface area contributed by atoms with E-state index in [2.05, 4.69) is 28.6 Å². The fourth-order valence-electron chi connectivity index (χ4n) is 2.19. The Labute approximate surface area is 184 Å². The molecule has 0 aliphatic carbocycles. The maximum atomic E-state index is 12.6. The molecule has 0 rings (SSSR count). The van der Waals surface area contributed by atoms with Crippen molar-refractivity contribution in [1.82, 2.24) is 16.0 Å². The fraction of sp³-hybridized carbons (Fsp3) is 0.706. The van der Waals surface area contributed by atoms with Crippen LogP contribution < -0.4 is 21.7 Å². The van der Waals surface area contributed by atoms with Crippen molar-refractivity contribution in [3.8, 4) is 0 Å². The van der Waals surface area contributed by atoms with Gasteiger partial charge in [-0.1, -0.05) is 13.8 Å². The molecule has 0 radical (unpaired) electrons. The molecule has 0 aromatic heterocycles. The number of aliphatic carboxylic acids is 2. The van der Waals surface area contributed by atoms with Crippen LogP contribution in [-0.2, 0) is 24.0 Å². The van der Waals surface area contributed by atoms with E-state index in [1.54, 1.807) is 13.8 Å². The van der Waals surface area contributed by atoms with Gasteiger partial charge < -0.3 is 31.9 Å². The van der Waals surface area contributed by atoms with E-state index >= 15 is 0 Å². The molecule has 0 fully saturated rings. The van der Waals surface area contributed by atoms with E-state index in [-0.39, 0.29) is 18.1 Å². The van der Waals surface area contributed by atoms with Crippen LogP contribution in [0.1, 0.15) is 26.7 Å². The Morgan fingerprint density at radius 3 is 1.87 bits per heavy atom. The summed E-state index contributed by atoms with van der Waals surface area (Å²) in [4.78, 5) is 59.1. The van der Waals surface area contributed by atoms with Crippen LogP contribution in [0.15, 0.2) is 0 Å². The molecule has 0 bridgehead atoms. The summed E-state index contributed by atoms with van der Waals surface area (Å²) in [5.41, 5.74) is 5.81. The maximum absolute atomic E-state index is 12.6. The molecule has 30 heavy (non-hydrogen) atoms. The second kappa shape index (κ2) is 14.1. The lowest BCUT2D eigenvalue weighted by Crippen LogP contribution is -2.58. The number of amides is 3. The van der Waals surface area contributed by atoms with Gasteiger partial charge in [0.05, 0.1) is 12.5 Å². The molecule has 4 atom stereocenters. The van der Waals surface area contributed by atoms with Crippen molar-refractivity contribution in [1.29, 1.82) is 0 Å². The zero-order valence-electron chi connectivity index (χ0n) is 17.1. The summed E-state index contributed by atoms with van der Waals surface area (Å²) in [6.07, 6.45) is 1.28. The van der Waals surface area contributed by atoms with Gasteiger partial charge in [-0.05, 0) is 24.3 Å². The van der Waals surface area contributed by atoms with Gasteiger partial charge in [0.15, 0.2) is 0 Å². The average molecular weight is 467 g/mol. The number of carbonyl (C=O) groups is 5. The summed E-state index contributed by atoms with van der Waals surface area (Å²) in [5.74, 6) is -4.78. The Morgan fingerprint density at radius 2 is 1.43 bits per heavy atom. The van der Waals surface area contributed by atoms with Gasteiger partial charge in [-0.3, -0.25) is 19.2 Å². The molecular weight excluding hydrogens is 436 g/mol. The lowest BCUT2D eigenvalue weighted by atomic mass is 10.0. The molecule has 0 aliphatic heterocycles. The number of nitrogens with one attached hydrogen (secondary N) is 3.